The highest BCUT2D eigenvalue weighted by Crippen LogP contribution is 2.22. The first-order chi connectivity index (χ1) is 9.70. The van der Waals surface area contributed by atoms with Crippen molar-refractivity contribution in [3.63, 3.8) is 0 Å². The van der Waals surface area contributed by atoms with Crippen LogP contribution >= 0.6 is 0 Å². The van der Waals surface area contributed by atoms with E-state index in [0.717, 1.165) is 29.4 Å². The second kappa shape index (κ2) is 5.71. The van der Waals surface area contributed by atoms with Crippen molar-refractivity contribution in [3.8, 4) is 5.75 Å². The minimum absolute atomic E-state index is 0.557. The molecule has 1 N–H and O–H groups in total. The number of hydrogen-bond donors (Lipinski definition) is 1. The lowest BCUT2D eigenvalue weighted by molar-refractivity contribution is 0.303. The summed E-state index contributed by atoms with van der Waals surface area (Å²) in [5, 5.41) is 3.46. The normalized spacial score (nSPS) is 14.5. The maximum absolute atomic E-state index is 5.80. The molecule has 2 aromatic rings. The molecule has 20 heavy (non-hydrogen) atoms. The molecule has 0 atom stereocenters. The van der Waals surface area contributed by atoms with E-state index in [1.54, 1.807) is 0 Å². The van der Waals surface area contributed by atoms with Crippen molar-refractivity contribution in [2.24, 2.45) is 0 Å². The average molecular weight is 271 g/mol. The molecular formula is C17H21NO2. The van der Waals surface area contributed by atoms with E-state index in [2.05, 4.69) is 30.4 Å². The quantitative estimate of drug-likeness (QED) is 0.869. The monoisotopic (exact) mass is 271 g/mol. The minimum atomic E-state index is 0.557. The van der Waals surface area contributed by atoms with Crippen LogP contribution in [0.25, 0.3) is 0 Å². The second-order valence-electron chi connectivity index (χ2n) is 5.55. The van der Waals surface area contributed by atoms with Gasteiger partial charge < -0.3 is 14.5 Å². The minimum Gasteiger partial charge on any atom is -0.489 e. The first kappa shape index (κ1) is 13.3. The third-order valence-corrected chi connectivity index (χ3v) is 3.63. The van der Waals surface area contributed by atoms with Gasteiger partial charge in [-0.1, -0.05) is 17.7 Å². The molecule has 1 fully saturated rings. The van der Waals surface area contributed by atoms with Gasteiger partial charge in [0.2, 0.25) is 0 Å². The van der Waals surface area contributed by atoms with Crippen LogP contribution in [0.1, 0.15) is 35.5 Å². The molecule has 1 aromatic carbocycles. The highest BCUT2D eigenvalue weighted by molar-refractivity contribution is 5.27. The molecule has 1 saturated carbocycles. The van der Waals surface area contributed by atoms with Gasteiger partial charge in [0.25, 0.3) is 0 Å². The van der Waals surface area contributed by atoms with E-state index in [4.69, 9.17) is 9.15 Å². The summed E-state index contributed by atoms with van der Waals surface area (Å²) in [6.45, 7) is 5.44. The number of aryl methyl sites for hydroxylation is 2. The Morgan fingerprint density at radius 3 is 2.65 bits per heavy atom. The van der Waals surface area contributed by atoms with Crippen LogP contribution in [-0.2, 0) is 13.2 Å². The Kier molecular flexibility index (Phi) is 3.79. The standard InChI is InChI=1S/C17H21NO2/c1-12-3-7-16(8-4-12)19-11-14-9-17(20-13(14)2)10-18-15-5-6-15/h3-4,7-9,15,18H,5-6,10-11H2,1-2H3. The van der Waals surface area contributed by atoms with Crippen LogP contribution < -0.4 is 10.1 Å². The van der Waals surface area contributed by atoms with Gasteiger partial charge in [-0.15, -0.1) is 0 Å². The lowest BCUT2D eigenvalue weighted by Crippen LogP contribution is -2.14. The molecule has 0 bridgehead atoms. The number of benzene rings is 1. The first-order valence-electron chi connectivity index (χ1n) is 7.22. The van der Waals surface area contributed by atoms with Gasteiger partial charge in [-0.2, -0.15) is 0 Å². The van der Waals surface area contributed by atoms with Crippen LogP contribution in [0.15, 0.2) is 34.7 Å². The number of ether oxygens (including phenoxy) is 1. The summed E-state index contributed by atoms with van der Waals surface area (Å²) in [6.07, 6.45) is 2.59. The zero-order chi connectivity index (χ0) is 13.9. The molecule has 1 heterocycles. The predicted octanol–water partition coefficient (Wildman–Crippen LogP) is 3.73. The fraction of sp³-hybridized carbons (Fsp3) is 0.412. The lowest BCUT2D eigenvalue weighted by Gasteiger charge is -2.05. The van der Waals surface area contributed by atoms with Crippen molar-refractivity contribution >= 4 is 0 Å². The van der Waals surface area contributed by atoms with Crippen molar-refractivity contribution in [1.29, 1.82) is 0 Å². The fourth-order valence-electron chi connectivity index (χ4n) is 2.15. The number of hydrogen-bond acceptors (Lipinski definition) is 3. The van der Waals surface area contributed by atoms with Gasteiger partial charge in [-0.25, -0.2) is 0 Å². The summed E-state index contributed by atoms with van der Waals surface area (Å²) in [7, 11) is 0. The molecule has 1 aromatic heterocycles. The third kappa shape index (κ3) is 3.42. The van der Waals surface area contributed by atoms with Gasteiger partial charge in [0.1, 0.15) is 23.9 Å². The fourth-order valence-corrected chi connectivity index (χ4v) is 2.15. The lowest BCUT2D eigenvalue weighted by atomic mass is 10.2. The topological polar surface area (TPSA) is 34.4 Å². The second-order valence-corrected chi connectivity index (χ2v) is 5.55. The highest BCUT2D eigenvalue weighted by Gasteiger charge is 2.20. The predicted molar refractivity (Wildman–Crippen MR) is 78.8 cm³/mol. The molecule has 0 aliphatic heterocycles. The maximum atomic E-state index is 5.80. The Morgan fingerprint density at radius 2 is 1.95 bits per heavy atom. The van der Waals surface area contributed by atoms with Crippen LogP contribution in [0.3, 0.4) is 0 Å². The number of furan rings is 1. The first-order valence-corrected chi connectivity index (χ1v) is 7.22. The highest BCUT2D eigenvalue weighted by atomic mass is 16.5. The van der Waals surface area contributed by atoms with Crippen molar-refractivity contribution < 1.29 is 9.15 Å². The summed E-state index contributed by atoms with van der Waals surface area (Å²) in [6, 6.07) is 10.9. The van der Waals surface area contributed by atoms with E-state index in [1.165, 1.54) is 18.4 Å². The van der Waals surface area contributed by atoms with Crippen LogP contribution in [-0.4, -0.2) is 6.04 Å². The van der Waals surface area contributed by atoms with Gasteiger partial charge in [-0.05, 0) is 44.9 Å². The van der Waals surface area contributed by atoms with Gasteiger partial charge in [0, 0.05) is 11.6 Å². The van der Waals surface area contributed by atoms with Crippen molar-refractivity contribution in [2.75, 3.05) is 0 Å². The average Bonchev–Trinajstić information content (AvgIpc) is 3.20. The van der Waals surface area contributed by atoms with Crippen molar-refractivity contribution in [2.45, 2.75) is 45.9 Å². The molecule has 1 aliphatic rings. The van der Waals surface area contributed by atoms with E-state index in [1.807, 2.05) is 19.1 Å². The van der Waals surface area contributed by atoms with E-state index >= 15 is 0 Å². The van der Waals surface area contributed by atoms with E-state index in [9.17, 15) is 0 Å². The van der Waals surface area contributed by atoms with Crippen LogP contribution in [0, 0.1) is 13.8 Å². The number of nitrogens with one attached hydrogen (secondary N) is 1. The van der Waals surface area contributed by atoms with Crippen LogP contribution in [0.5, 0.6) is 5.75 Å². The van der Waals surface area contributed by atoms with E-state index in [0.29, 0.717) is 12.6 Å². The van der Waals surface area contributed by atoms with Gasteiger partial charge in [0.15, 0.2) is 0 Å². The van der Waals surface area contributed by atoms with Gasteiger partial charge in [-0.3, -0.25) is 0 Å². The maximum Gasteiger partial charge on any atom is 0.119 e. The molecule has 3 nitrogen and oxygen atoms in total. The molecule has 0 amide bonds. The summed E-state index contributed by atoms with van der Waals surface area (Å²) in [4.78, 5) is 0. The zero-order valence-corrected chi connectivity index (χ0v) is 12.1. The summed E-state index contributed by atoms with van der Waals surface area (Å²) in [5.41, 5.74) is 2.36. The molecule has 1 aliphatic carbocycles. The zero-order valence-electron chi connectivity index (χ0n) is 12.1. The summed E-state index contributed by atoms with van der Waals surface area (Å²) in [5.74, 6) is 2.84. The SMILES string of the molecule is Cc1ccc(OCc2cc(CNC3CC3)oc2C)cc1. The van der Waals surface area contributed by atoms with Gasteiger partial charge in [0.05, 0.1) is 6.54 Å². The molecule has 3 rings (SSSR count). The molecule has 3 heteroatoms. The summed E-state index contributed by atoms with van der Waals surface area (Å²) >= 11 is 0. The Hall–Kier alpha value is -1.74. The van der Waals surface area contributed by atoms with Crippen molar-refractivity contribution in [1.82, 2.24) is 5.32 Å². The summed E-state index contributed by atoms with van der Waals surface area (Å²) < 4.78 is 11.6. The van der Waals surface area contributed by atoms with E-state index < -0.39 is 0 Å². The smallest absolute Gasteiger partial charge is 0.119 e. The van der Waals surface area contributed by atoms with Crippen molar-refractivity contribution in [3.05, 3.63) is 53.0 Å². The Labute approximate surface area is 119 Å². The van der Waals surface area contributed by atoms with Crippen LogP contribution in [0.4, 0.5) is 0 Å². The van der Waals surface area contributed by atoms with Crippen LogP contribution in [0.2, 0.25) is 0 Å². The number of rotatable bonds is 6. The molecule has 106 valence electrons. The molecule has 0 spiro atoms. The van der Waals surface area contributed by atoms with Gasteiger partial charge >= 0.3 is 0 Å². The van der Waals surface area contributed by atoms with E-state index in [-0.39, 0.29) is 0 Å². The third-order valence-electron chi connectivity index (χ3n) is 3.63. The molecule has 0 unspecified atom stereocenters. The Bertz CT molecular complexity index is 567. The largest absolute Gasteiger partial charge is 0.489 e. The Balaban J connectivity index is 1.57. The molecule has 0 saturated heterocycles. The Morgan fingerprint density at radius 1 is 1.20 bits per heavy atom. The molecule has 0 radical (unpaired) electrons. The molecular weight excluding hydrogens is 250 g/mol.